The lowest BCUT2D eigenvalue weighted by Gasteiger charge is -2.24. The van der Waals surface area contributed by atoms with Crippen LogP contribution in [0.5, 0.6) is 0 Å². The van der Waals surface area contributed by atoms with Gasteiger partial charge in [0.15, 0.2) is 5.57 Å². The number of anilines is 3. The van der Waals surface area contributed by atoms with Crippen molar-refractivity contribution in [2.24, 2.45) is 0 Å². The highest BCUT2D eigenvalue weighted by atomic mass is 32.2. The van der Waals surface area contributed by atoms with Gasteiger partial charge in [-0.3, -0.25) is 0 Å². The Morgan fingerprint density at radius 2 is 1.41 bits per heavy atom. The molecular weight excluding hydrogens is 517 g/mol. The second-order valence-corrected chi connectivity index (χ2v) is 11.8. The van der Waals surface area contributed by atoms with Crippen LogP contribution in [0.15, 0.2) is 95.1 Å². The van der Waals surface area contributed by atoms with E-state index in [9.17, 15) is 4.79 Å². The topological polar surface area (TPSA) is 64.3 Å². The van der Waals surface area contributed by atoms with Crippen molar-refractivity contribution in [1.29, 1.82) is 5.26 Å². The van der Waals surface area contributed by atoms with Crippen molar-refractivity contribution in [1.82, 2.24) is 0 Å². The molecule has 1 N–H and O–H groups in total. The third-order valence-electron chi connectivity index (χ3n) is 5.78. The van der Waals surface area contributed by atoms with Gasteiger partial charge in [-0.05, 0) is 62.4 Å². The van der Waals surface area contributed by atoms with E-state index in [1.54, 1.807) is 28.7 Å². The Bertz CT molecular complexity index is 1560. The molecule has 0 saturated carbocycles. The van der Waals surface area contributed by atoms with Crippen LogP contribution in [0.4, 0.5) is 16.4 Å². The Morgan fingerprint density at radius 1 is 0.838 bits per heavy atom. The number of hydrogen-bond acceptors (Lipinski definition) is 6. The van der Waals surface area contributed by atoms with Crippen molar-refractivity contribution in [3.8, 4) is 15.8 Å². The monoisotopic (exact) mass is 538 g/mol. The fraction of sp³-hybridized carbons (Fsp3) is 0.100. The van der Waals surface area contributed by atoms with Crippen LogP contribution in [0.3, 0.4) is 0 Å². The van der Waals surface area contributed by atoms with E-state index < -0.39 is 5.97 Å². The van der Waals surface area contributed by atoms with Gasteiger partial charge in [-0.2, -0.15) is 5.26 Å². The fourth-order valence-corrected chi connectivity index (χ4v) is 7.12. The van der Waals surface area contributed by atoms with Crippen LogP contribution in [-0.4, -0.2) is 11.1 Å². The summed E-state index contributed by atoms with van der Waals surface area (Å²) >= 11 is 4.94. The summed E-state index contributed by atoms with van der Waals surface area (Å²) < 4.78 is 0. The molecule has 0 radical (unpaired) electrons. The van der Waals surface area contributed by atoms with E-state index in [-0.39, 0.29) is 5.57 Å². The lowest BCUT2D eigenvalue weighted by atomic mass is 10.1. The molecule has 37 heavy (non-hydrogen) atoms. The van der Waals surface area contributed by atoms with Crippen LogP contribution in [0.25, 0.3) is 14.7 Å². The summed E-state index contributed by atoms with van der Waals surface area (Å²) in [5.74, 6) is -1.25. The third-order valence-corrected chi connectivity index (χ3v) is 9.42. The summed E-state index contributed by atoms with van der Waals surface area (Å²) in [6.45, 7) is 4.19. The maximum atomic E-state index is 11.1. The molecule has 0 atom stereocenters. The number of aryl methyl sites for hydroxylation is 2. The smallest absolute Gasteiger partial charge is 0.354 e. The van der Waals surface area contributed by atoms with E-state index in [0.29, 0.717) is 6.42 Å². The van der Waals surface area contributed by atoms with Gasteiger partial charge in [-0.15, -0.1) is 22.7 Å². The predicted molar refractivity (Wildman–Crippen MR) is 156 cm³/mol. The van der Waals surface area contributed by atoms with Gasteiger partial charge in [0.25, 0.3) is 0 Å². The summed E-state index contributed by atoms with van der Waals surface area (Å²) in [6.07, 6.45) is 2.65. The van der Waals surface area contributed by atoms with E-state index in [4.69, 9.17) is 10.4 Å². The number of hydrogen-bond donors (Lipinski definition) is 1. The molecule has 182 valence electrons. The molecular formula is C30H22N2O2S3. The molecule has 0 unspecified atom stereocenters. The van der Waals surface area contributed by atoms with Crippen molar-refractivity contribution in [2.75, 3.05) is 4.90 Å². The highest BCUT2D eigenvalue weighted by Gasteiger charge is 2.19. The molecule has 0 amide bonds. The van der Waals surface area contributed by atoms with Gasteiger partial charge in [0.2, 0.25) is 0 Å². The molecule has 0 saturated heterocycles. The van der Waals surface area contributed by atoms with Crippen molar-refractivity contribution in [3.05, 3.63) is 111 Å². The van der Waals surface area contributed by atoms with Crippen LogP contribution in [0.1, 0.15) is 22.4 Å². The molecule has 4 aromatic rings. The molecule has 4 nitrogen and oxygen atoms in total. The Balaban J connectivity index is 1.43. The maximum Gasteiger partial charge on any atom is 0.354 e. The molecule has 1 aliphatic rings. The molecule has 0 aliphatic carbocycles. The highest BCUT2D eigenvalue weighted by Crippen LogP contribution is 2.47. The molecule has 0 bridgehead atoms. The van der Waals surface area contributed by atoms with E-state index in [1.807, 2.05) is 0 Å². The van der Waals surface area contributed by atoms with Gasteiger partial charge in [-0.25, -0.2) is 4.79 Å². The zero-order valence-electron chi connectivity index (χ0n) is 20.2. The number of benzene rings is 2. The first kappa shape index (κ1) is 24.9. The summed E-state index contributed by atoms with van der Waals surface area (Å²) in [7, 11) is 0. The number of carboxylic acid groups (broad SMARTS) is 1. The molecule has 7 heteroatoms. The average Bonchev–Trinajstić information content (AvgIpc) is 3.66. The van der Waals surface area contributed by atoms with Crippen LogP contribution >= 0.6 is 34.4 Å². The molecule has 2 aromatic heterocycles. The molecule has 2 aromatic carbocycles. The van der Waals surface area contributed by atoms with Gasteiger partial charge in [0, 0.05) is 42.2 Å². The Hall–Kier alpha value is -3.79. The first-order valence-electron chi connectivity index (χ1n) is 11.6. The second kappa shape index (κ2) is 10.7. The minimum Gasteiger partial charge on any atom is -0.477 e. The van der Waals surface area contributed by atoms with Gasteiger partial charge in [0.05, 0.1) is 0 Å². The minimum atomic E-state index is -1.25. The van der Waals surface area contributed by atoms with Crippen LogP contribution < -0.4 is 4.90 Å². The molecule has 0 fully saturated rings. The van der Waals surface area contributed by atoms with Crippen LogP contribution in [0.2, 0.25) is 0 Å². The SMILES string of the molecule is Cc1ccc(N(c2ccc(C)cc2)c2ccc(-c3ccc(C4=CCC(=C=C(C#N)C(=O)O)S4)s3)s2)cc1. The van der Waals surface area contributed by atoms with E-state index in [0.717, 1.165) is 31.1 Å². The van der Waals surface area contributed by atoms with Gasteiger partial charge >= 0.3 is 5.97 Å². The van der Waals surface area contributed by atoms with Crippen molar-refractivity contribution < 1.29 is 9.90 Å². The number of aliphatic carboxylic acids is 1. The van der Waals surface area contributed by atoms with Crippen molar-refractivity contribution in [3.63, 3.8) is 0 Å². The number of thioether (sulfide) groups is 1. The average molecular weight is 539 g/mol. The van der Waals surface area contributed by atoms with E-state index in [2.05, 4.69) is 103 Å². The number of nitriles is 1. The quantitative estimate of drug-likeness (QED) is 0.151. The lowest BCUT2D eigenvalue weighted by Crippen LogP contribution is -2.08. The largest absolute Gasteiger partial charge is 0.477 e. The zero-order chi connectivity index (χ0) is 25.9. The summed E-state index contributed by atoms with van der Waals surface area (Å²) in [5, 5.41) is 19.2. The van der Waals surface area contributed by atoms with Crippen LogP contribution in [-0.2, 0) is 4.79 Å². The maximum absolute atomic E-state index is 11.1. The van der Waals surface area contributed by atoms with E-state index >= 15 is 0 Å². The van der Waals surface area contributed by atoms with Crippen molar-refractivity contribution >= 4 is 61.7 Å². The van der Waals surface area contributed by atoms with Crippen LogP contribution in [0, 0.1) is 25.2 Å². The number of allylic oxidation sites excluding steroid dienone is 1. The van der Waals surface area contributed by atoms with Gasteiger partial charge in [0.1, 0.15) is 11.1 Å². The molecule has 1 aliphatic heterocycles. The normalized spacial score (nSPS) is 12.6. The van der Waals surface area contributed by atoms with E-state index in [1.165, 1.54) is 32.6 Å². The highest BCUT2D eigenvalue weighted by molar-refractivity contribution is 8.12. The number of carboxylic acids is 1. The predicted octanol–water partition coefficient (Wildman–Crippen LogP) is 9.06. The number of nitrogens with zero attached hydrogens (tertiary/aromatic N) is 2. The Labute approximate surface area is 228 Å². The number of thiophene rings is 2. The lowest BCUT2D eigenvalue weighted by molar-refractivity contribution is -0.132. The zero-order valence-corrected chi connectivity index (χ0v) is 22.6. The first-order chi connectivity index (χ1) is 17.9. The van der Waals surface area contributed by atoms with Gasteiger partial charge in [-0.1, -0.05) is 59.0 Å². The summed E-state index contributed by atoms with van der Waals surface area (Å²) in [5.41, 5.74) is 7.07. The summed E-state index contributed by atoms with van der Waals surface area (Å²) in [6, 6.07) is 27.4. The second-order valence-electron chi connectivity index (χ2n) is 8.52. The van der Waals surface area contributed by atoms with Gasteiger partial charge < -0.3 is 10.0 Å². The summed E-state index contributed by atoms with van der Waals surface area (Å²) in [4.78, 5) is 18.7. The Morgan fingerprint density at radius 3 is 2.00 bits per heavy atom. The van der Waals surface area contributed by atoms with Crippen molar-refractivity contribution in [2.45, 2.75) is 20.3 Å². The Kier molecular flexibility index (Phi) is 7.18. The minimum absolute atomic E-state index is 0.359. The first-order valence-corrected chi connectivity index (χ1v) is 14.0. The number of rotatable bonds is 6. The fourth-order valence-electron chi connectivity index (χ4n) is 3.87. The molecule has 5 rings (SSSR count). The molecule has 3 heterocycles. The number of carbonyl (C=O) groups is 1. The standard InChI is InChI=1S/C30H22N2O2S3/c1-19-3-7-22(8-4-19)32(23-9-5-20(2)6-10-23)29-16-15-28(37-29)27-14-13-26(36-27)25-12-11-24(35-25)17-21(18-31)30(33)34/h3-10,12-16H,11H2,1-2H3,(H,33,34). The molecule has 0 spiro atoms. The third kappa shape index (κ3) is 5.48.